The molecule has 0 spiro atoms. The number of thiophene rings is 1. The predicted octanol–water partition coefficient (Wildman–Crippen LogP) is 3.44. The first-order valence-corrected chi connectivity index (χ1v) is 6.46. The lowest BCUT2D eigenvalue weighted by Crippen LogP contribution is -2.05. The molecule has 1 aromatic carbocycles. The number of carbonyl (C=O) groups is 1. The van der Waals surface area contributed by atoms with Crippen LogP contribution in [0.4, 0.5) is 4.39 Å². The summed E-state index contributed by atoms with van der Waals surface area (Å²) in [6.07, 6.45) is 0. The molecular formula is C14H13FO3S. The minimum absolute atomic E-state index is 0.0109. The molecule has 19 heavy (non-hydrogen) atoms. The molecule has 0 unspecified atom stereocenters. The first kappa shape index (κ1) is 13.5. The molecule has 0 bridgehead atoms. The number of halogens is 1. The van der Waals surface area contributed by atoms with Crippen molar-refractivity contribution in [2.75, 3.05) is 14.2 Å². The fourth-order valence-corrected chi connectivity index (χ4v) is 2.64. The molecule has 0 N–H and O–H groups in total. The van der Waals surface area contributed by atoms with Gasteiger partial charge in [-0.25, -0.2) is 4.39 Å². The summed E-state index contributed by atoms with van der Waals surface area (Å²) < 4.78 is 24.1. The second-order valence-electron chi connectivity index (χ2n) is 3.95. The second kappa shape index (κ2) is 5.40. The summed E-state index contributed by atoms with van der Waals surface area (Å²) in [5, 5.41) is 1.81. The van der Waals surface area contributed by atoms with Crippen LogP contribution in [0, 0.1) is 12.7 Å². The average Bonchev–Trinajstić information content (AvgIpc) is 2.83. The number of benzene rings is 1. The molecule has 2 rings (SSSR count). The number of aryl methyl sites for hydroxylation is 1. The molecule has 0 aliphatic carbocycles. The number of hydrogen-bond donors (Lipinski definition) is 0. The Labute approximate surface area is 114 Å². The van der Waals surface area contributed by atoms with Crippen LogP contribution in [0.3, 0.4) is 0 Å². The van der Waals surface area contributed by atoms with E-state index in [2.05, 4.69) is 0 Å². The maximum absolute atomic E-state index is 14.0. The van der Waals surface area contributed by atoms with Crippen LogP contribution in [0.25, 0.3) is 0 Å². The van der Waals surface area contributed by atoms with Gasteiger partial charge in [0.1, 0.15) is 5.82 Å². The Bertz CT molecular complexity index is 619. The predicted molar refractivity (Wildman–Crippen MR) is 72.0 cm³/mol. The molecule has 0 saturated carbocycles. The van der Waals surface area contributed by atoms with Gasteiger partial charge in [-0.3, -0.25) is 4.79 Å². The van der Waals surface area contributed by atoms with Crippen molar-refractivity contribution in [1.82, 2.24) is 0 Å². The molecule has 0 saturated heterocycles. The van der Waals surface area contributed by atoms with E-state index in [0.717, 1.165) is 11.6 Å². The number of methoxy groups -OCH3 is 2. The quantitative estimate of drug-likeness (QED) is 0.805. The van der Waals surface area contributed by atoms with Crippen LogP contribution in [0.2, 0.25) is 0 Å². The van der Waals surface area contributed by atoms with Crippen molar-refractivity contribution in [2.24, 2.45) is 0 Å². The highest BCUT2D eigenvalue weighted by Gasteiger charge is 2.20. The summed E-state index contributed by atoms with van der Waals surface area (Å²) in [6, 6.07) is 4.36. The van der Waals surface area contributed by atoms with Gasteiger partial charge in [-0.1, -0.05) is 0 Å². The third-order valence-electron chi connectivity index (χ3n) is 2.79. The summed E-state index contributed by atoms with van der Waals surface area (Å²) in [4.78, 5) is 12.8. The number of carbonyl (C=O) groups excluding carboxylic acids is 1. The van der Waals surface area contributed by atoms with Gasteiger partial charge in [0, 0.05) is 6.07 Å². The van der Waals surface area contributed by atoms with Crippen molar-refractivity contribution >= 4 is 17.1 Å². The molecule has 0 aliphatic rings. The SMILES string of the molecule is COc1cc(F)c(C(=O)c2sccc2C)cc1OC. The second-order valence-corrected chi connectivity index (χ2v) is 4.87. The van der Waals surface area contributed by atoms with E-state index in [4.69, 9.17) is 9.47 Å². The van der Waals surface area contributed by atoms with Crippen LogP contribution in [0.1, 0.15) is 20.8 Å². The Kier molecular flexibility index (Phi) is 3.85. The third-order valence-corrected chi connectivity index (χ3v) is 3.80. The largest absolute Gasteiger partial charge is 0.493 e. The van der Waals surface area contributed by atoms with Crippen LogP contribution in [0.15, 0.2) is 23.6 Å². The smallest absolute Gasteiger partial charge is 0.206 e. The number of rotatable bonds is 4. The Morgan fingerprint density at radius 1 is 1.21 bits per heavy atom. The molecule has 1 aromatic heterocycles. The number of ether oxygens (including phenoxy) is 2. The van der Waals surface area contributed by atoms with Crippen LogP contribution in [-0.4, -0.2) is 20.0 Å². The van der Waals surface area contributed by atoms with E-state index in [1.54, 1.807) is 5.38 Å². The highest BCUT2D eigenvalue weighted by Crippen LogP contribution is 2.31. The van der Waals surface area contributed by atoms with Crippen LogP contribution in [-0.2, 0) is 0 Å². The van der Waals surface area contributed by atoms with Gasteiger partial charge in [0.15, 0.2) is 11.5 Å². The normalized spacial score (nSPS) is 10.3. The number of hydrogen-bond acceptors (Lipinski definition) is 4. The summed E-state index contributed by atoms with van der Waals surface area (Å²) >= 11 is 1.30. The summed E-state index contributed by atoms with van der Waals surface area (Å²) in [5.74, 6) is -0.359. The van der Waals surface area contributed by atoms with E-state index >= 15 is 0 Å². The van der Waals surface area contributed by atoms with Crippen molar-refractivity contribution in [3.05, 3.63) is 45.4 Å². The van der Waals surface area contributed by atoms with Crippen molar-refractivity contribution in [1.29, 1.82) is 0 Å². The Morgan fingerprint density at radius 2 is 1.84 bits per heavy atom. The van der Waals surface area contributed by atoms with Crippen LogP contribution < -0.4 is 9.47 Å². The topological polar surface area (TPSA) is 35.5 Å². The first-order valence-electron chi connectivity index (χ1n) is 5.58. The maximum Gasteiger partial charge on any atom is 0.206 e. The van der Waals surface area contributed by atoms with Gasteiger partial charge in [0.05, 0.1) is 24.7 Å². The first-order chi connectivity index (χ1) is 9.08. The van der Waals surface area contributed by atoms with E-state index in [1.807, 2.05) is 13.0 Å². The Morgan fingerprint density at radius 3 is 2.37 bits per heavy atom. The molecule has 0 radical (unpaired) electrons. The zero-order valence-corrected chi connectivity index (χ0v) is 11.6. The molecule has 1 heterocycles. The van der Waals surface area contributed by atoms with Gasteiger partial charge >= 0.3 is 0 Å². The van der Waals surface area contributed by atoms with E-state index in [9.17, 15) is 9.18 Å². The lowest BCUT2D eigenvalue weighted by molar-refractivity contribution is 0.103. The van der Waals surface area contributed by atoms with Gasteiger partial charge < -0.3 is 9.47 Å². The van der Waals surface area contributed by atoms with Crippen LogP contribution >= 0.6 is 11.3 Å². The summed E-state index contributed by atoms with van der Waals surface area (Å²) in [5.41, 5.74) is 0.826. The highest BCUT2D eigenvalue weighted by molar-refractivity contribution is 7.12. The molecule has 3 nitrogen and oxygen atoms in total. The number of ketones is 1. The third kappa shape index (κ3) is 2.46. The molecule has 0 amide bonds. The average molecular weight is 280 g/mol. The van der Waals surface area contributed by atoms with E-state index in [0.29, 0.717) is 10.6 Å². The zero-order valence-electron chi connectivity index (χ0n) is 10.8. The monoisotopic (exact) mass is 280 g/mol. The fourth-order valence-electron chi connectivity index (χ4n) is 1.76. The summed E-state index contributed by atoms with van der Waals surface area (Å²) in [7, 11) is 2.86. The molecule has 0 atom stereocenters. The molecule has 0 aliphatic heterocycles. The molecule has 100 valence electrons. The van der Waals surface area contributed by atoms with E-state index in [1.165, 1.54) is 31.6 Å². The Hall–Kier alpha value is -1.88. The standard InChI is InChI=1S/C14H13FO3S/c1-8-4-5-19-14(8)13(16)9-6-11(17-2)12(18-3)7-10(9)15/h4-7H,1-3H3. The van der Waals surface area contributed by atoms with Gasteiger partial charge in [-0.05, 0) is 30.0 Å². The van der Waals surface area contributed by atoms with Crippen molar-refractivity contribution in [2.45, 2.75) is 6.92 Å². The van der Waals surface area contributed by atoms with Gasteiger partial charge in [-0.15, -0.1) is 11.3 Å². The Balaban J connectivity index is 2.51. The van der Waals surface area contributed by atoms with Crippen LogP contribution in [0.5, 0.6) is 11.5 Å². The van der Waals surface area contributed by atoms with E-state index in [-0.39, 0.29) is 17.1 Å². The molecule has 2 aromatic rings. The summed E-state index contributed by atoms with van der Waals surface area (Å²) in [6.45, 7) is 1.82. The van der Waals surface area contributed by atoms with Gasteiger partial charge in [-0.2, -0.15) is 0 Å². The lowest BCUT2D eigenvalue weighted by atomic mass is 10.1. The van der Waals surface area contributed by atoms with Gasteiger partial charge in [0.2, 0.25) is 5.78 Å². The minimum atomic E-state index is -0.615. The highest BCUT2D eigenvalue weighted by atomic mass is 32.1. The van der Waals surface area contributed by atoms with Crippen molar-refractivity contribution < 1.29 is 18.7 Å². The fraction of sp³-hybridized carbons (Fsp3) is 0.214. The minimum Gasteiger partial charge on any atom is -0.493 e. The van der Waals surface area contributed by atoms with Crippen molar-refractivity contribution in [3.63, 3.8) is 0 Å². The van der Waals surface area contributed by atoms with Crippen molar-refractivity contribution in [3.8, 4) is 11.5 Å². The zero-order chi connectivity index (χ0) is 14.0. The molecule has 0 fully saturated rings. The maximum atomic E-state index is 14.0. The molecule has 5 heteroatoms. The molecular weight excluding hydrogens is 267 g/mol. The lowest BCUT2D eigenvalue weighted by Gasteiger charge is -2.10. The van der Waals surface area contributed by atoms with E-state index < -0.39 is 5.82 Å². The van der Waals surface area contributed by atoms with Gasteiger partial charge in [0.25, 0.3) is 0 Å².